The van der Waals surface area contributed by atoms with Gasteiger partial charge < -0.3 is 20.1 Å². The Kier molecular flexibility index (Phi) is 8.28. The molecule has 1 aromatic rings. The number of hydrogen-bond donors (Lipinski definition) is 2. The van der Waals surface area contributed by atoms with Crippen molar-refractivity contribution in [3.8, 4) is 0 Å². The van der Waals surface area contributed by atoms with Crippen LogP contribution in [0.1, 0.15) is 53.5 Å². The van der Waals surface area contributed by atoms with Gasteiger partial charge in [0, 0.05) is 18.2 Å². The summed E-state index contributed by atoms with van der Waals surface area (Å²) in [6.07, 6.45) is -0.187. The number of para-hydroxylation sites is 1. The van der Waals surface area contributed by atoms with E-state index in [9.17, 15) is 14.4 Å². The Morgan fingerprint density at radius 2 is 1.74 bits per heavy atom. The van der Waals surface area contributed by atoms with Crippen molar-refractivity contribution in [2.75, 3.05) is 5.32 Å². The molecule has 0 fully saturated rings. The van der Waals surface area contributed by atoms with Crippen molar-refractivity contribution in [1.82, 2.24) is 5.32 Å². The smallest absolute Gasteiger partial charge is 0.408 e. The van der Waals surface area contributed by atoms with Gasteiger partial charge in [-0.25, -0.2) is 4.79 Å². The lowest BCUT2D eigenvalue weighted by molar-refractivity contribution is -0.142. The number of alkyl carbamates (subject to hydrolysis) is 1. The highest BCUT2D eigenvalue weighted by molar-refractivity contribution is 5.97. The molecule has 7 nitrogen and oxygen atoms in total. The van der Waals surface area contributed by atoms with Crippen molar-refractivity contribution in [1.29, 1.82) is 0 Å². The minimum absolute atomic E-state index is 0.0557. The van der Waals surface area contributed by atoms with Crippen molar-refractivity contribution >= 4 is 23.7 Å². The van der Waals surface area contributed by atoms with E-state index in [4.69, 9.17) is 9.47 Å². The highest BCUT2D eigenvalue weighted by Crippen LogP contribution is 2.18. The standard InChI is InChI=1S/C20H30N2O5/c1-13(2)11-17(22-19(25)27-20(4,5)6)18(24)21-16-10-8-7-9-15(16)12-26-14(3)23/h7-10,13,17H,11-12H2,1-6H3,(H,21,24)(H,22,25)/t17-/m0/s1. The summed E-state index contributed by atoms with van der Waals surface area (Å²) in [5.74, 6) is -0.572. The van der Waals surface area contributed by atoms with E-state index >= 15 is 0 Å². The summed E-state index contributed by atoms with van der Waals surface area (Å²) in [6, 6.07) is 6.29. The summed E-state index contributed by atoms with van der Waals surface area (Å²) in [4.78, 5) is 35.9. The van der Waals surface area contributed by atoms with Crippen LogP contribution in [0.25, 0.3) is 0 Å². The van der Waals surface area contributed by atoms with Crippen LogP contribution in [0.15, 0.2) is 24.3 Å². The normalized spacial score (nSPS) is 12.3. The van der Waals surface area contributed by atoms with Crippen molar-refractivity contribution in [2.45, 2.75) is 66.2 Å². The number of anilines is 1. The zero-order chi connectivity index (χ0) is 20.6. The molecule has 1 aromatic carbocycles. The molecule has 0 aromatic heterocycles. The first-order valence-electron chi connectivity index (χ1n) is 8.99. The second kappa shape index (κ2) is 9.94. The summed E-state index contributed by atoms with van der Waals surface area (Å²) in [6.45, 7) is 10.6. The molecule has 0 aliphatic carbocycles. The van der Waals surface area contributed by atoms with Crippen LogP contribution < -0.4 is 10.6 Å². The van der Waals surface area contributed by atoms with Gasteiger partial charge in [-0.3, -0.25) is 9.59 Å². The maximum atomic E-state index is 12.8. The van der Waals surface area contributed by atoms with Gasteiger partial charge in [0.05, 0.1) is 0 Å². The molecule has 0 radical (unpaired) electrons. The number of esters is 1. The number of carbonyl (C=O) groups is 3. The number of benzene rings is 1. The summed E-state index contributed by atoms with van der Waals surface area (Å²) in [5, 5.41) is 5.44. The van der Waals surface area contributed by atoms with Crippen LogP contribution >= 0.6 is 0 Å². The van der Waals surface area contributed by atoms with Gasteiger partial charge in [-0.15, -0.1) is 0 Å². The predicted molar refractivity (Wildman–Crippen MR) is 103 cm³/mol. The van der Waals surface area contributed by atoms with Crippen molar-refractivity contribution in [3.63, 3.8) is 0 Å². The first-order valence-corrected chi connectivity index (χ1v) is 8.99. The summed E-state index contributed by atoms with van der Waals surface area (Å²) < 4.78 is 10.3. The molecule has 2 amide bonds. The fourth-order valence-electron chi connectivity index (χ4n) is 2.32. The maximum Gasteiger partial charge on any atom is 0.408 e. The topological polar surface area (TPSA) is 93.7 Å². The summed E-state index contributed by atoms with van der Waals surface area (Å²) in [5.41, 5.74) is 0.546. The zero-order valence-corrected chi connectivity index (χ0v) is 16.9. The number of amides is 2. The van der Waals surface area contributed by atoms with Gasteiger partial charge in [0.1, 0.15) is 18.2 Å². The van der Waals surface area contributed by atoms with Gasteiger partial charge in [0.25, 0.3) is 0 Å². The molecule has 0 saturated carbocycles. The van der Waals surface area contributed by atoms with E-state index in [-0.39, 0.29) is 18.4 Å². The third-order valence-corrected chi connectivity index (χ3v) is 3.42. The SMILES string of the molecule is CC(=O)OCc1ccccc1NC(=O)[C@H](CC(C)C)NC(=O)OC(C)(C)C. The van der Waals surface area contributed by atoms with Crippen molar-refractivity contribution in [2.24, 2.45) is 5.92 Å². The van der Waals surface area contributed by atoms with Gasteiger partial charge in [0.2, 0.25) is 5.91 Å². The lowest BCUT2D eigenvalue weighted by atomic mass is 10.0. The van der Waals surface area contributed by atoms with Gasteiger partial charge in [-0.05, 0) is 39.2 Å². The summed E-state index contributed by atoms with van der Waals surface area (Å²) >= 11 is 0. The van der Waals surface area contributed by atoms with E-state index in [1.54, 1.807) is 45.0 Å². The highest BCUT2D eigenvalue weighted by Gasteiger charge is 2.25. The number of carbonyl (C=O) groups excluding carboxylic acids is 3. The average Bonchev–Trinajstić information content (AvgIpc) is 2.51. The van der Waals surface area contributed by atoms with Crippen LogP contribution in [0.3, 0.4) is 0 Å². The van der Waals surface area contributed by atoms with Crippen molar-refractivity contribution < 1.29 is 23.9 Å². The molecule has 1 atom stereocenters. The highest BCUT2D eigenvalue weighted by atomic mass is 16.6. The first-order chi connectivity index (χ1) is 12.5. The second-order valence-electron chi connectivity index (χ2n) is 7.76. The molecule has 2 N–H and O–H groups in total. The Balaban J connectivity index is 2.88. The van der Waals surface area contributed by atoms with Gasteiger partial charge >= 0.3 is 12.1 Å². The molecule has 1 rings (SSSR count). The Morgan fingerprint density at radius 1 is 1.11 bits per heavy atom. The van der Waals surface area contributed by atoms with E-state index in [1.807, 2.05) is 13.8 Å². The minimum Gasteiger partial charge on any atom is -0.461 e. The molecule has 0 spiro atoms. The van der Waals surface area contributed by atoms with Crippen LogP contribution in [-0.2, 0) is 25.7 Å². The maximum absolute atomic E-state index is 12.8. The zero-order valence-electron chi connectivity index (χ0n) is 16.9. The second-order valence-corrected chi connectivity index (χ2v) is 7.76. The molecule has 0 aliphatic rings. The Morgan fingerprint density at radius 3 is 2.30 bits per heavy atom. The molecule has 0 bridgehead atoms. The molecular weight excluding hydrogens is 348 g/mol. The molecule has 27 heavy (non-hydrogen) atoms. The largest absolute Gasteiger partial charge is 0.461 e. The molecule has 0 heterocycles. The van der Waals surface area contributed by atoms with Crippen LogP contribution in [0.5, 0.6) is 0 Å². The fraction of sp³-hybridized carbons (Fsp3) is 0.550. The van der Waals surface area contributed by atoms with Gasteiger partial charge in [-0.2, -0.15) is 0 Å². The molecular formula is C20H30N2O5. The Hall–Kier alpha value is -2.57. The molecule has 0 unspecified atom stereocenters. The minimum atomic E-state index is -0.748. The lowest BCUT2D eigenvalue weighted by Crippen LogP contribution is -2.46. The van der Waals surface area contributed by atoms with Gasteiger partial charge in [0.15, 0.2) is 0 Å². The Bertz CT molecular complexity index is 665. The van der Waals surface area contributed by atoms with E-state index in [1.165, 1.54) is 6.92 Å². The van der Waals surface area contributed by atoms with Crippen LogP contribution in [0.2, 0.25) is 0 Å². The predicted octanol–water partition coefficient (Wildman–Crippen LogP) is 3.63. The van der Waals surface area contributed by atoms with E-state index in [2.05, 4.69) is 10.6 Å². The number of rotatable bonds is 7. The number of hydrogen-bond acceptors (Lipinski definition) is 5. The van der Waals surface area contributed by atoms with Crippen LogP contribution in [0, 0.1) is 5.92 Å². The summed E-state index contributed by atoms with van der Waals surface area (Å²) in [7, 11) is 0. The van der Waals surface area contributed by atoms with E-state index < -0.39 is 23.7 Å². The van der Waals surface area contributed by atoms with Crippen LogP contribution in [0.4, 0.5) is 10.5 Å². The average molecular weight is 378 g/mol. The van der Waals surface area contributed by atoms with E-state index in [0.717, 1.165) is 0 Å². The number of ether oxygens (including phenoxy) is 2. The van der Waals surface area contributed by atoms with E-state index in [0.29, 0.717) is 17.7 Å². The fourth-order valence-corrected chi connectivity index (χ4v) is 2.32. The third-order valence-electron chi connectivity index (χ3n) is 3.42. The number of nitrogens with one attached hydrogen (secondary N) is 2. The molecule has 150 valence electrons. The Labute approximate surface area is 160 Å². The monoisotopic (exact) mass is 378 g/mol. The molecule has 0 aliphatic heterocycles. The van der Waals surface area contributed by atoms with Gasteiger partial charge in [-0.1, -0.05) is 32.0 Å². The van der Waals surface area contributed by atoms with Crippen LogP contribution in [-0.4, -0.2) is 29.6 Å². The quantitative estimate of drug-likeness (QED) is 0.707. The first kappa shape index (κ1) is 22.5. The lowest BCUT2D eigenvalue weighted by Gasteiger charge is -2.24. The third kappa shape index (κ3) is 9.08. The molecule has 0 saturated heterocycles. The molecule has 7 heteroatoms. The van der Waals surface area contributed by atoms with Crippen molar-refractivity contribution in [3.05, 3.63) is 29.8 Å².